The van der Waals surface area contributed by atoms with E-state index in [4.69, 9.17) is 0 Å². The molecule has 0 rings (SSSR count). The molecule has 8 nitrogen and oxygen atoms in total. The van der Waals surface area contributed by atoms with E-state index in [1.807, 2.05) is 0 Å². The predicted octanol–water partition coefficient (Wildman–Crippen LogP) is 0.922. The molecule has 0 atom stereocenters. The summed E-state index contributed by atoms with van der Waals surface area (Å²) in [6, 6.07) is 0. The molecule has 0 spiro atoms. The Morgan fingerprint density at radius 3 is 1.31 bits per heavy atom. The minimum Gasteiger partial charge on any atom is -0.466 e. The molecular formula is C18H28N2O6. The van der Waals surface area contributed by atoms with Crippen molar-refractivity contribution in [1.82, 2.24) is 9.80 Å². The Bertz CT molecular complexity index is 494. The molecule has 2 amide bonds. The molecule has 0 radical (unpaired) electrons. The van der Waals surface area contributed by atoms with Crippen LogP contribution in [0.3, 0.4) is 0 Å². The monoisotopic (exact) mass is 368 g/mol. The number of ether oxygens (including phenoxy) is 2. The van der Waals surface area contributed by atoms with Gasteiger partial charge in [0.05, 0.1) is 14.2 Å². The highest BCUT2D eigenvalue weighted by atomic mass is 16.5. The summed E-state index contributed by atoms with van der Waals surface area (Å²) >= 11 is 0. The fourth-order valence-electron chi connectivity index (χ4n) is 1.94. The lowest BCUT2D eigenvalue weighted by molar-refractivity contribution is -0.136. The van der Waals surface area contributed by atoms with Gasteiger partial charge in [-0.1, -0.05) is 12.8 Å². The minimum atomic E-state index is -0.563. The summed E-state index contributed by atoms with van der Waals surface area (Å²) in [7, 11) is 5.84. The molecule has 0 aromatic carbocycles. The average molecular weight is 368 g/mol. The van der Waals surface area contributed by atoms with Crippen LogP contribution in [-0.2, 0) is 28.7 Å². The standard InChI is InChI=1S/C18H28N2O6/c1-19(15(21)9-11-17(23)25-3)13-7-5-6-8-14-20(2)16(22)10-12-18(24)26-4/h9-12H,5-8,13-14H2,1-4H3/b11-9-,12-10-. The number of carbonyl (C=O) groups is 4. The maximum Gasteiger partial charge on any atom is 0.330 e. The van der Waals surface area contributed by atoms with Gasteiger partial charge in [0.15, 0.2) is 0 Å². The van der Waals surface area contributed by atoms with E-state index in [0.717, 1.165) is 37.8 Å². The lowest BCUT2D eigenvalue weighted by Crippen LogP contribution is -2.26. The van der Waals surface area contributed by atoms with Crippen molar-refractivity contribution in [2.24, 2.45) is 0 Å². The van der Waals surface area contributed by atoms with E-state index in [1.54, 1.807) is 14.1 Å². The van der Waals surface area contributed by atoms with Crippen molar-refractivity contribution in [3.63, 3.8) is 0 Å². The number of hydrogen-bond donors (Lipinski definition) is 0. The smallest absolute Gasteiger partial charge is 0.330 e. The van der Waals surface area contributed by atoms with E-state index >= 15 is 0 Å². The number of carbonyl (C=O) groups excluding carboxylic acids is 4. The normalized spacial score (nSPS) is 10.8. The topological polar surface area (TPSA) is 93.2 Å². The first-order chi connectivity index (χ1) is 12.3. The molecule has 0 aromatic rings. The molecule has 0 fully saturated rings. The van der Waals surface area contributed by atoms with Crippen LogP contribution in [0.2, 0.25) is 0 Å². The van der Waals surface area contributed by atoms with Crippen LogP contribution in [0.1, 0.15) is 25.7 Å². The predicted molar refractivity (Wildman–Crippen MR) is 96.1 cm³/mol. The molecule has 0 aliphatic heterocycles. The molecule has 146 valence electrons. The van der Waals surface area contributed by atoms with Crippen LogP contribution < -0.4 is 0 Å². The Morgan fingerprint density at radius 1 is 0.654 bits per heavy atom. The molecule has 0 N–H and O–H groups in total. The van der Waals surface area contributed by atoms with Crippen molar-refractivity contribution in [3.05, 3.63) is 24.3 Å². The van der Waals surface area contributed by atoms with Crippen LogP contribution in [0, 0.1) is 0 Å². The molecule has 0 saturated carbocycles. The Labute approximate surface area is 154 Å². The lowest BCUT2D eigenvalue weighted by atomic mass is 10.2. The third-order valence-electron chi connectivity index (χ3n) is 3.62. The first kappa shape index (κ1) is 23.4. The number of methoxy groups -OCH3 is 2. The van der Waals surface area contributed by atoms with Crippen LogP contribution in [0.5, 0.6) is 0 Å². The van der Waals surface area contributed by atoms with Crippen molar-refractivity contribution < 1.29 is 28.7 Å². The summed E-state index contributed by atoms with van der Waals surface area (Å²) in [5, 5.41) is 0. The number of hydrogen-bond acceptors (Lipinski definition) is 6. The van der Waals surface area contributed by atoms with Crippen molar-refractivity contribution in [3.8, 4) is 0 Å². The van der Waals surface area contributed by atoms with Gasteiger partial charge in [-0.25, -0.2) is 9.59 Å². The van der Waals surface area contributed by atoms with Gasteiger partial charge in [-0.15, -0.1) is 0 Å². The number of unbranched alkanes of at least 4 members (excludes halogenated alkanes) is 3. The fourth-order valence-corrected chi connectivity index (χ4v) is 1.94. The van der Waals surface area contributed by atoms with E-state index in [-0.39, 0.29) is 11.8 Å². The summed E-state index contributed by atoms with van der Waals surface area (Å²) in [5.74, 6) is -1.63. The second-order valence-electron chi connectivity index (χ2n) is 5.65. The number of likely N-dealkylation sites (N-methyl/N-ethyl adjacent to an activating group) is 2. The maximum absolute atomic E-state index is 11.7. The summed E-state index contributed by atoms with van der Waals surface area (Å²) < 4.78 is 8.85. The molecule has 0 aliphatic carbocycles. The van der Waals surface area contributed by atoms with Gasteiger partial charge in [-0.2, -0.15) is 0 Å². The number of nitrogens with zero attached hydrogens (tertiary/aromatic N) is 2. The van der Waals surface area contributed by atoms with Crippen molar-refractivity contribution in [2.75, 3.05) is 41.4 Å². The van der Waals surface area contributed by atoms with Crippen LogP contribution in [-0.4, -0.2) is 75.0 Å². The molecule has 8 heteroatoms. The second-order valence-corrected chi connectivity index (χ2v) is 5.65. The highest BCUT2D eigenvalue weighted by molar-refractivity contribution is 5.94. The van der Waals surface area contributed by atoms with Crippen LogP contribution in [0.4, 0.5) is 0 Å². The first-order valence-corrected chi connectivity index (χ1v) is 8.34. The summed E-state index contributed by atoms with van der Waals surface area (Å²) in [5.41, 5.74) is 0. The maximum atomic E-state index is 11.7. The molecular weight excluding hydrogens is 340 g/mol. The second kappa shape index (κ2) is 13.6. The van der Waals surface area contributed by atoms with Gasteiger partial charge in [0.1, 0.15) is 0 Å². The number of esters is 2. The number of rotatable bonds is 11. The zero-order valence-electron chi connectivity index (χ0n) is 15.9. The zero-order chi connectivity index (χ0) is 19.9. The summed E-state index contributed by atoms with van der Waals surface area (Å²) in [6.45, 7) is 1.17. The van der Waals surface area contributed by atoms with Gasteiger partial charge in [-0.05, 0) is 12.8 Å². The van der Waals surface area contributed by atoms with Crippen LogP contribution in [0.25, 0.3) is 0 Å². The van der Waals surface area contributed by atoms with Crippen LogP contribution >= 0.6 is 0 Å². The minimum absolute atomic E-state index is 0.252. The van der Waals surface area contributed by atoms with E-state index in [9.17, 15) is 19.2 Å². The Balaban J connectivity index is 3.89. The van der Waals surface area contributed by atoms with Crippen LogP contribution in [0.15, 0.2) is 24.3 Å². The molecule has 26 heavy (non-hydrogen) atoms. The third-order valence-corrected chi connectivity index (χ3v) is 3.62. The Kier molecular flexibility index (Phi) is 12.2. The van der Waals surface area contributed by atoms with E-state index in [1.165, 1.54) is 36.2 Å². The molecule has 0 bridgehead atoms. The van der Waals surface area contributed by atoms with Crippen molar-refractivity contribution in [2.45, 2.75) is 25.7 Å². The third kappa shape index (κ3) is 11.0. The van der Waals surface area contributed by atoms with E-state index < -0.39 is 11.9 Å². The van der Waals surface area contributed by atoms with Gasteiger partial charge in [0, 0.05) is 51.5 Å². The molecule has 0 aliphatic rings. The quantitative estimate of drug-likeness (QED) is 0.306. The van der Waals surface area contributed by atoms with E-state index in [2.05, 4.69) is 9.47 Å². The van der Waals surface area contributed by atoms with Crippen molar-refractivity contribution in [1.29, 1.82) is 0 Å². The fraction of sp³-hybridized carbons (Fsp3) is 0.556. The number of amides is 2. The zero-order valence-corrected chi connectivity index (χ0v) is 15.9. The highest BCUT2D eigenvalue weighted by Gasteiger charge is 2.07. The molecule has 0 unspecified atom stereocenters. The van der Waals surface area contributed by atoms with Gasteiger partial charge < -0.3 is 19.3 Å². The SMILES string of the molecule is COC(=O)/C=C\C(=O)N(C)CCCCCCN(C)C(=O)/C=C\C(=O)OC. The Morgan fingerprint density at radius 2 is 1.00 bits per heavy atom. The Hall–Kier alpha value is -2.64. The van der Waals surface area contributed by atoms with Gasteiger partial charge in [-0.3, -0.25) is 9.59 Å². The highest BCUT2D eigenvalue weighted by Crippen LogP contribution is 2.03. The lowest BCUT2D eigenvalue weighted by Gasteiger charge is -2.16. The van der Waals surface area contributed by atoms with Gasteiger partial charge in [0.2, 0.25) is 11.8 Å². The summed E-state index contributed by atoms with van der Waals surface area (Å²) in [6.07, 6.45) is 8.06. The van der Waals surface area contributed by atoms with Crippen molar-refractivity contribution >= 4 is 23.8 Å². The molecule has 0 heterocycles. The average Bonchev–Trinajstić information content (AvgIpc) is 2.65. The van der Waals surface area contributed by atoms with Gasteiger partial charge in [0.25, 0.3) is 0 Å². The molecule has 0 aromatic heterocycles. The molecule has 0 saturated heterocycles. The largest absolute Gasteiger partial charge is 0.466 e. The van der Waals surface area contributed by atoms with Gasteiger partial charge >= 0.3 is 11.9 Å². The van der Waals surface area contributed by atoms with E-state index in [0.29, 0.717) is 13.1 Å². The first-order valence-electron chi connectivity index (χ1n) is 8.34. The summed E-state index contributed by atoms with van der Waals surface area (Å²) in [4.78, 5) is 48.4.